The molecular formula is C31H42N15O25P4+. The first-order valence-electron chi connectivity index (χ1n) is 21.1. The number of phosphoric ester groups is 3. The van der Waals surface area contributed by atoms with Gasteiger partial charge < -0.3 is 76.5 Å². The maximum atomic E-state index is 13.5. The third kappa shape index (κ3) is 11.0. The first-order chi connectivity index (χ1) is 35.0. The molecule has 9 heterocycles. The zero-order valence-electron chi connectivity index (χ0n) is 37.5. The second-order valence-corrected chi connectivity index (χ2v) is 22.8. The fourth-order valence-corrected chi connectivity index (χ4v) is 12.9. The van der Waals surface area contributed by atoms with Gasteiger partial charge in [-0.05, 0) is 0 Å². The lowest BCUT2D eigenvalue weighted by Gasteiger charge is -2.28. The smallest absolute Gasteiger partial charge is 0.387 e. The van der Waals surface area contributed by atoms with Gasteiger partial charge in [-0.15, -0.1) is 0 Å². The molecule has 0 spiro atoms. The van der Waals surface area contributed by atoms with Gasteiger partial charge in [0.1, 0.15) is 54.9 Å². The number of likely N-dealkylation sites (N-methyl/N-ethyl adjacent to an activating group) is 1. The lowest BCUT2D eigenvalue weighted by molar-refractivity contribution is -0.498. The van der Waals surface area contributed by atoms with Crippen LogP contribution < -0.4 is 17.2 Å². The molecule has 19 atom stereocenters. The van der Waals surface area contributed by atoms with Crippen molar-refractivity contribution in [3.8, 4) is 0 Å². The number of carbonyl (C=O) groups is 3. The summed E-state index contributed by atoms with van der Waals surface area (Å²) in [5.41, 5.74) is 16.8. The van der Waals surface area contributed by atoms with Crippen LogP contribution in [0.25, 0.3) is 0 Å². The van der Waals surface area contributed by atoms with E-state index in [2.05, 4.69) is 53.1 Å². The van der Waals surface area contributed by atoms with Crippen LogP contribution in [0.4, 0.5) is 0 Å². The number of rotatable bonds is 18. The number of aliphatic imine (C=N–C) groups is 8. The first kappa shape index (κ1) is 54.8. The number of fused-ring (bicyclic) bond motifs is 3. The quantitative estimate of drug-likeness (QED) is 0.0448. The summed E-state index contributed by atoms with van der Waals surface area (Å²) in [6, 6.07) is -3.76. The Hall–Kier alpha value is -4.96. The van der Waals surface area contributed by atoms with Crippen LogP contribution >= 0.6 is 31.3 Å². The molecule has 15 N–H and O–H groups in total. The molecule has 0 bridgehead atoms. The van der Waals surface area contributed by atoms with Crippen LogP contribution in [0.15, 0.2) is 39.9 Å². The van der Waals surface area contributed by atoms with E-state index in [1.807, 2.05) is 0 Å². The summed E-state index contributed by atoms with van der Waals surface area (Å²) < 4.78 is 98.5. The van der Waals surface area contributed by atoms with Gasteiger partial charge in [-0.2, -0.15) is 43.5 Å². The van der Waals surface area contributed by atoms with Crippen molar-refractivity contribution < 1.29 is 123 Å². The number of nitrogens with zero attached hydrogens (tertiary/aromatic N) is 12. The van der Waals surface area contributed by atoms with Gasteiger partial charge in [0.15, 0.2) is 36.2 Å². The minimum Gasteiger partial charge on any atom is -0.387 e. The summed E-state index contributed by atoms with van der Waals surface area (Å²) in [5.74, 6) is -4.35. The van der Waals surface area contributed by atoms with E-state index in [9.17, 15) is 77.8 Å². The van der Waals surface area contributed by atoms with Crippen LogP contribution in [0.3, 0.4) is 0 Å². The molecule has 0 saturated carbocycles. The number of nitrogens with two attached hydrogens (primary N) is 3. The Kier molecular flexibility index (Phi) is 14.7. The average molecular weight is 1150 g/mol. The lowest BCUT2D eigenvalue weighted by Crippen LogP contribution is -2.49. The van der Waals surface area contributed by atoms with Gasteiger partial charge in [-0.3, -0.25) is 52.3 Å². The standard InChI is InChI=1S/C31H41N15O25P4/c1-43-7-46(22-13(43)25(54)42-31(34)39-22)27-17(50)15(48)9(67-27)3-64-73(57,58)70-75(61,62)71-74(59,60)65-4-10-19(18(51)28(68-10)45-6-36-12-21(45)38-30(33)41-24(12)53)69-72(55,56)63-2-8-14(47)16(49)26(66-8)44-5-35-11-20(44)37-29(32)40-23(11)52/h5-19,26-28,47-51H,2-4H2,1H3,(H9-,32,33,34,40,41,42,52,53,54,55,56,57,58,59,60,61,62)/p+1/t8-,9-,10-,11?,12?,13?,14-,15-,16-,17-,18-,19-,26-,27-,28-/m1/s1. The molecule has 9 rings (SSSR count). The Morgan fingerprint density at radius 3 is 1.44 bits per heavy atom. The summed E-state index contributed by atoms with van der Waals surface area (Å²) in [4.78, 5) is 112. The lowest BCUT2D eigenvalue weighted by atomic mass is 10.1. The molecule has 0 aromatic carbocycles. The second-order valence-electron chi connectivity index (χ2n) is 16.7. The van der Waals surface area contributed by atoms with E-state index in [0.717, 1.165) is 27.4 Å². The Balaban J connectivity index is 0.834. The van der Waals surface area contributed by atoms with Crippen LogP contribution in [0.5, 0.6) is 0 Å². The van der Waals surface area contributed by atoms with E-state index in [0.29, 0.717) is 0 Å². The molecule has 44 heteroatoms. The number of hydrogen-bond acceptors (Lipinski definition) is 32. The molecular weight excluding hydrogens is 1110 g/mol. The minimum atomic E-state index is -6.26. The van der Waals surface area contributed by atoms with Crippen molar-refractivity contribution in [1.82, 2.24) is 14.7 Å². The summed E-state index contributed by atoms with van der Waals surface area (Å²) in [6.45, 7) is -3.65. The predicted molar refractivity (Wildman–Crippen MR) is 239 cm³/mol. The Bertz CT molecular complexity index is 2920. The molecule has 75 heavy (non-hydrogen) atoms. The highest BCUT2D eigenvalue weighted by molar-refractivity contribution is 7.66. The van der Waals surface area contributed by atoms with Gasteiger partial charge in [0, 0.05) is 0 Å². The number of ether oxygens (including phenoxy) is 3. The molecule has 0 aromatic rings. The van der Waals surface area contributed by atoms with Crippen molar-refractivity contribution in [1.29, 1.82) is 0 Å². The number of aliphatic hydroxyl groups is 5. The summed E-state index contributed by atoms with van der Waals surface area (Å²) in [6.07, 6.45) is -18.9. The molecule has 3 fully saturated rings. The number of phosphoric acid groups is 4. The number of hydrogen-bond donors (Lipinski definition) is 12. The van der Waals surface area contributed by atoms with Gasteiger partial charge in [0.2, 0.25) is 30.4 Å². The molecule has 0 radical (unpaired) electrons. The highest BCUT2D eigenvalue weighted by Gasteiger charge is 2.58. The maximum Gasteiger partial charge on any atom is 0.490 e. The van der Waals surface area contributed by atoms with Crippen molar-refractivity contribution in [2.24, 2.45) is 57.1 Å². The number of amidine groups is 3. The monoisotopic (exact) mass is 1150 g/mol. The van der Waals surface area contributed by atoms with Crippen LogP contribution in [-0.4, -0.2) is 255 Å². The van der Waals surface area contributed by atoms with Crippen LogP contribution in [0, 0.1) is 0 Å². The van der Waals surface area contributed by atoms with Crippen molar-refractivity contribution in [2.75, 3.05) is 26.9 Å². The number of carbonyl (C=O) groups excluding carboxylic acids is 3. The predicted octanol–water partition coefficient (Wildman–Crippen LogP) is -8.62. The van der Waals surface area contributed by atoms with E-state index in [-0.39, 0.29) is 17.5 Å². The molecule has 0 aromatic heterocycles. The second kappa shape index (κ2) is 20.1. The number of guanidine groups is 3. The SMILES string of the molecule is C[N+]1=CN([C@@H]2O[C@H](COP(=O)(O)OP(=O)(O)OP(=O)(O)OC[C@H]3O[C@@H](N4C=NC5C(=O)N=C(N)N=C54)[C@H](O)[C@@H]3OP(=O)(O)OC[C@H]3O[C@@H](N4C=NC5C(=O)N=C(N)N=C54)[C@H](O)[C@@H]3O)[C@@H](O)[C@H]2O)C2=NC(N)=NC(=O)C21. The Morgan fingerprint density at radius 2 is 0.947 bits per heavy atom. The molecule has 7 unspecified atom stereocenters. The van der Waals surface area contributed by atoms with E-state index in [1.54, 1.807) is 0 Å². The van der Waals surface area contributed by atoms with Gasteiger partial charge >= 0.3 is 37.2 Å². The summed E-state index contributed by atoms with van der Waals surface area (Å²) >= 11 is 0. The topological polar surface area (TPSA) is 574 Å². The highest BCUT2D eigenvalue weighted by atomic mass is 31.3. The van der Waals surface area contributed by atoms with E-state index < -0.39 is 178 Å². The van der Waals surface area contributed by atoms with Gasteiger partial charge in [0.05, 0.1) is 39.5 Å². The highest BCUT2D eigenvalue weighted by Crippen LogP contribution is 2.68. The molecule has 9 aliphatic rings. The Morgan fingerprint density at radius 1 is 0.547 bits per heavy atom. The van der Waals surface area contributed by atoms with Crippen molar-refractivity contribution in [3.05, 3.63) is 0 Å². The van der Waals surface area contributed by atoms with Crippen LogP contribution in [-0.2, 0) is 73.6 Å². The molecule has 410 valence electrons. The first-order valence-corrected chi connectivity index (χ1v) is 27.1. The molecule has 3 saturated heterocycles. The molecule has 3 amide bonds. The molecule has 40 nitrogen and oxygen atoms in total. The Labute approximate surface area is 416 Å². The van der Waals surface area contributed by atoms with E-state index in [4.69, 9.17) is 45.0 Å². The van der Waals surface area contributed by atoms with Crippen molar-refractivity contribution in [3.63, 3.8) is 0 Å². The zero-order valence-corrected chi connectivity index (χ0v) is 41.0. The van der Waals surface area contributed by atoms with E-state index in [1.165, 1.54) is 18.0 Å². The van der Waals surface area contributed by atoms with Gasteiger partial charge in [0.25, 0.3) is 23.7 Å². The van der Waals surface area contributed by atoms with E-state index >= 15 is 0 Å². The third-order valence-corrected chi connectivity index (χ3v) is 16.9. The third-order valence-electron chi connectivity index (χ3n) is 11.7. The van der Waals surface area contributed by atoms with Crippen molar-refractivity contribution >= 4 is 103 Å². The fraction of sp³-hybridized carbons (Fsp3) is 0.613. The largest absolute Gasteiger partial charge is 0.490 e. The summed E-state index contributed by atoms with van der Waals surface area (Å²) in [7, 11) is -22.3. The fourth-order valence-electron chi connectivity index (χ4n) is 8.40. The minimum absolute atomic E-state index is 0.0666. The summed E-state index contributed by atoms with van der Waals surface area (Å²) in [5, 5.41) is 54.5. The van der Waals surface area contributed by atoms with Crippen molar-refractivity contribution in [2.45, 2.75) is 91.7 Å². The maximum absolute atomic E-state index is 13.5. The number of amides is 3. The average Bonchev–Trinajstić information content (AvgIpc) is 4.15. The molecule has 0 aliphatic carbocycles. The van der Waals surface area contributed by atoms with Gasteiger partial charge in [-0.1, -0.05) is 0 Å². The zero-order chi connectivity index (χ0) is 54.4. The number of aliphatic hydroxyl groups excluding tert-OH is 5. The molecule has 9 aliphatic heterocycles. The van der Waals surface area contributed by atoms with Crippen LogP contribution in [0.2, 0.25) is 0 Å². The normalized spacial score (nSPS) is 38.4. The van der Waals surface area contributed by atoms with Crippen LogP contribution in [0.1, 0.15) is 0 Å². The van der Waals surface area contributed by atoms with Gasteiger partial charge in [-0.25, -0.2) is 22.8 Å².